The molecule has 1 aromatic rings. The standard InChI is InChI=1S/C16H22N2O5S2/c1-11-6-7-14(24-11)25(22,23)18-9-3-5-13(18)15(19)17-8-2-4-12(10-17)16(20)21/h6-7,12-13H,2-5,8-10H2,1H3,(H,20,21)/t12-,13?/m0/s1. The van der Waals surface area contributed by atoms with Gasteiger partial charge in [0.1, 0.15) is 10.3 Å². The maximum atomic E-state index is 12.9. The van der Waals surface area contributed by atoms with E-state index in [4.69, 9.17) is 0 Å². The number of carbonyl (C=O) groups excluding carboxylic acids is 1. The first-order valence-corrected chi connectivity index (χ1v) is 10.7. The molecule has 1 unspecified atom stereocenters. The molecule has 2 atom stereocenters. The maximum absolute atomic E-state index is 12.9. The number of nitrogens with zero attached hydrogens (tertiary/aromatic N) is 2. The van der Waals surface area contributed by atoms with Crippen LogP contribution in [0.4, 0.5) is 0 Å². The van der Waals surface area contributed by atoms with E-state index in [9.17, 15) is 23.1 Å². The van der Waals surface area contributed by atoms with E-state index >= 15 is 0 Å². The molecule has 1 N–H and O–H groups in total. The first-order valence-electron chi connectivity index (χ1n) is 8.40. The molecular weight excluding hydrogens is 364 g/mol. The lowest BCUT2D eigenvalue weighted by molar-refractivity contribution is -0.146. The Morgan fingerprint density at radius 3 is 2.56 bits per heavy atom. The molecule has 0 radical (unpaired) electrons. The summed E-state index contributed by atoms with van der Waals surface area (Å²) in [6.45, 7) is 2.82. The van der Waals surface area contributed by atoms with Crippen LogP contribution in [0.25, 0.3) is 0 Å². The third-order valence-electron chi connectivity index (χ3n) is 4.85. The van der Waals surface area contributed by atoms with Gasteiger partial charge in [0.15, 0.2) is 0 Å². The Morgan fingerprint density at radius 1 is 1.20 bits per heavy atom. The summed E-state index contributed by atoms with van der Waals surface area (Å²) < 4.78 is 27.3. The topological polar surface area (TPSA) is 95.0 Å². The molecule has 1 amide bonds. The van der Waals surface area contributed by atoms with E-state index in [1.807, 2.05) is 6.92 Å². The fourth-order valence-corrected chi connectivity index (χ4v) is 6.59. The first-order chi connectivity index (χ1) is 11.8. The van der Waals surface area contributed by atoms with Gasteiger partial charge in [0, 0.05) is 24.5 Å². The average molecular weight is 386 g/mol. The van der Waals surface area contributed by atoms with Crippen molar-refractivity contribution < 1.29 is 23.1 Å². The minimum absolute atomic E-state index is 0.163. The van der Waals surface area contributed by atoms with E-state index in [2.05, 4.69) is 0 Å². The SMILES string of the molecule is Cc1ccc(S(=O)(=O)N2CCCC2C(=O)N2CCC[C@H](C(=O)O)C2)s1. The van der Waals surface area contributed by atoms with Gasteiger partial charge in [0.2, 0.25) is 5.91 Å². The molecule has 2 aliphatic heterocycles. The van der Waals surface area contributed by atoms with Crippen LogP contribution in [0.5, 0.6) is 0 Å². The Balaban J connectivity index is 1.79. The molecule has 3 heterocycles. The smallest absolute Gasteiger partial charge is 0.308 e. The maximum Gasteiger partial charge on any atom is 0.308 e. The predicted molar refractivity (Wildman–Crippen MR) is 92.9 cm³/mol. The molecule has 0 saturated carbocycles. The van der Waals surface area contributed by atoms with Gasteiger partial charge in [-0.1, -0.05) is 0 Å². The Labute approximate surface area is 151 Å². The van der Waals surface area contributed by atoms with Crippen molar-refractivity contribution in [2.75, 3.05) is 19.6 Å². The summed E-state index contributed by atoms with van der Waals surface area (Å²) in [4.78, 5) is 26.5. The van der Waals surface area contributed by atoms with Crippen LogP contribution in [0.2, 0.25) is 0 Å². The van der Waals surface area contributed by atoms with Crippen LogP contribution in [0.3, 0.4) is 0 Å². The predicted octanol–water partition coefficient (Wildman–Crippen LogP) is 1.53. The average Bonchev–Trinajstić information content (AvgIpc) is 3.23. The zero-order valence-electron chi connectivity index (χ0n) is 14.1. The number of amides is 1. The highest BCUT2D eigenvalue weighted by Crippen LogP contribution is 2.31. The third kappa shape index (κ3) is 3.58. The largest absolute Gasteiger partial charge is 0.481 e. The van der Waals surface area contributed by atoms with Gasteiger partial charge in [0.25, 0.3) is 10.0 Å². The van der Waals surface area contributed by atoms with Gasteiger partial charge in [-0.15, -0.1) is 11.3 Å². The van der Waals surface area contributed by atoms with Crippen LogP contribution in [-0.2, 0) is 19.6 Å². The third-order valence-corrected chi connectivity index (χ3v) is 8.23. The molecule has 3 rings (SSSR count). The Morgan fingerprint density at radius 2 is 1.92 bits per heavy atom. The highest BCUT2D eigenvalue weighted by molar-refractivity contribution is 7.91. The number of thiophene rings is 1. The van der Waals surface area contributed by atoms with Crippen molar-refractivity contribution in [1.29, 1.82) is 0 Å². The second-order valence-electron chi connectivity index (χ2n) is 6.60. The highest BCUT2D eigenvalue weighted by atomic mass is 32.2. The normalized spacial score (nSPS) is 25.2. The van der Waals surface area contributed by atoms with Gasteiger partial charge < -0.3 is 10.0 Å². The van der Waals surface area contributed by atoms with Crippen molar-refractivity contribution >= 4 is 33.2 Å². The number of rotatable bonds is 4. The number of carboxylic acid groups (broad SMARTS) is 1. The molecule has 7 nitrogen and oxygen atoms in total. The van der Waals surface area contributed by atoms with Crippen molar-refractivity contribution in [1.82, 2.24) is 9.21 Å². The number of aliphatic carboxylic acids is 1. The van der Waals surface area contributed by atoms with Crippen LogP contribution in [0.1, 0.15) is 30.6 Å². The van der Waals surface area contributed by atoms with Gasteiger partial charge in [-0.25, -0.2) is 8.42 Å². The number of hydrogen-bond donors (Lipinski definition) is 1. The molecule has 25 heavy (non-hydrogen) atoms. The monoisotopic (exact) mass is 386 g/mol. The van der Waals surface area contributed by atoms with Crippen LogP contribution in [0, 0.1) is 12.8 Å². The Bertz CT molecular complexity index is 773. The quantitative estimate of drug-likeness (QED) is 0.847. The Hall–Kier alpha value is -1.45. The van der Waals surface area contributed by atoms with E-state index < -0.39 is 28.0 Å². The number of carbonyl (C=O) groups is 2. The van der Waals surface area contributed by atoms with Crippen molar-refractivity contribution in [2.24, 2.45) is 5.92 Å². The number of carboxylic acids is 1. The molecule has 2 saturated heterocycles. The summed E-state index contributed by atoms with van der Waals surface area (Å²) in [7, 11) is -3.69. The summed E-state index contributed by atoms with van der Waals surface area (Å²) in [6, 6.07) is 2.61. The molecule has 0 aliphatic carbocycles. The number of hydrogen-bond acceptors (Lipinski definition) is 5. The molecule has 2 aliphatic rings. The summed E-state index contributed by atoms with van der Waals surface area (Å²) in [6.07, 6.45) is 2.30. The lowest BCUT2D eigenvalue weighted by Gasteiger charge is -2.34. The van der Waals surface area contributed by atoms with Crippen molar-refractivity contribution in [3.8, 4) is 0 Å². The summed E-state index contributed by atoms with van der Waals surface area (Å²) >= 11 is 1.20. The van der Waals surface area contributed by atoms with E-state index in [0.29, 0.717) is 38.8 Å². The van der Waals surface area contributed by atoms with E-state index in [-0.39, 0.29) is 16.7 Å². The molecule has 0 bridgehead atoms. The van der Waals surface area contributed by atoms with Gasteiger partial charge in [0.05, 0.1) is 5.92 Å². The Kier molecular flexibility index (Phi) is 5.17. The summed E-state index contributed by atoms with van der Waals surface area (Å²) in [5.74, 6) is -1.73. The molecule has 138 valence electrons. The lowest BCUT2D eigenvalue weighted by atomic mass is 9.97. The molecule has 1 aromatic heterocycles. The van der Waals surface area contributed by atoms with Gasteiger partial charge in [-0.2, -0.15) is 4.31 Å². The van der Waals surface area contributed by atoms with E-state index in [0.717, 1.165) is 4.88 Å². The fraction of sp³-hybridized carbons (Fsp3) is 0.625. The second-order valence-corrected chi connectivity index (χ2v) is 10.0. The van der Waals surface area contributed by atoms with Crippen molar-refractivity contribution in [3.05, 3.63) is 17.0 Å². The minimum Gasteiger partial charge on any atom is -0.481 e. The number of piperidine rings is 1. The second kappa shape index (κ2) is 7.05. The molecular formula is C16H22N2O5S2. The summed E-state index contributed by atoms with van der Waals surface area (Å²) in [5, 5.41) is 9.19. The van der Waals surface area contributed by atoms with Crippen LogP contribution in [0.15, 0.2) is 16.3 Å². The fourth-order valence-electron chi connectivity index (χ4n) is 3.53. The van der Waals surface area contributed by atoms with Crippen LogP contribution in [-0.4, -0.2) is 60.3 Å². The van der Waals surface area contributed by atoms with Gasteiger partial charge >= 0.3 is 5.97 Å². The van der Waals surface area contributed by atoms with Gasteiger partial charge in [-0.3, -0.25) is 9.59 Å². The van der Waals surface area contributed by atoms with Crippen molar-refractivity contribution in [2.45, 2.75) is 42.9 Å². The molecule has 0 spiro atoms. The zero-order valence-corrected chi connectivity index (χ0v) is 15.7. The molecule has 0 aromatic carbocycles. The number of sulfonamides is 1. The van der Waals surface area contributed by atoms with Gasteiger partial charge in [-0.05, 0) is 44.7 Å². The zero-order chi connectivity index (χ0) is 18.2. The van der Waals surface area contributed by atoms with Crippen LogP contribution < -0.4 is 0 Å². The van der Waals surface area contributed by atoms with Crippen LogP contribution >= 0.6 is 11.3 Å². The van der Waals surface area contributed by atoms with E-state index in [1.54, 1.807) is 12.1 Å². The molecule has 9 heteroatoms. The molecule has 2 fully saturated rings. The van der Waals surface area contributed by atoms with E-state index in [1.165, 1.54) is 20.5 Å². The lowest BCUT2D eigenvalue weighted by Crippen LogP contribution is -2.51. The minimum atomic E-state index is -3.69. The number of aryl methyl sites for hydroxylation is 1. The van der Waals surface area contributed by atoms with Crippen molar-refractivity contribution in [3.63, 3.8) is 0 Å². The first kappa shape index (κ1) is 18.3. The highest BCUT2D eigenvalue weighted by Gasteiger charge is 2.42. The summed E-state index contributed by atoms with van der Waals surface area (Å²) in [5.41, 5.74) is 0. The number of likely N-dealkylation sites (tertiary alicyclic amines) is 1.